The number of benzene rings is 1. The number of likely N-dealkylation sites (N-methyl/N-ethyl adjacent to an activating group) is 1. The van der Waals surface area contributed by atoms with Gasteiger partial charge in [-0.05, 0) is 36.5 Å². The third-order valence-corrected chi connectivity index (χ3v) is 3.83. The number of H-pyrrole nitrogens is 1. The zero-order valence-corrected chi connectivity index (χ0v) is 12.9. The quantitative estimate of drug-likeness (QED) is 0.811. The number of piperazine rings is 1. The first-order chi connectivity index (χ1) is 11.3. The van der Waals surface area contributed by atoms with Crippen molar-refractivity contribution in [2.75, 3.05) is 43.4 Å². The molecule has 1 aromatic heterocycles. The highest BCUT2D eigenvalue weighted by Gasteiger charge is 2.13. The molecule has 1 aliphatic rings. The smallest absolute Gasteiger partial charge is 0.216 e. The lowest BCUT2D eigenvalue weighted by molar-refractivity contribution is 0.313. The summed E-state index contributed by atoms with van der Waals surface area (Å²) < 4.78 is 0. The zero-order chi connectivity index (χ0) is 16.1. The van der Waals surface area contributed by atoms with Crippen molar-refractivity contribution in [2.45, 2.75) is 0 Å². The summed E-state index contributed by atoms with van der Waals surface area (Å²) >= 11 is 0. The summed E-state index contributed by atoms with van der Waals surface area (Å²) in [6, 6.07) is 10.2. The van der Waals surface area contributed by atoms with Gasteiger partial charge < -0.3 is 15.1 Å². The van der Waals surface area contributed by atoms with Crippen LogP contribution in [0, 0.1) is 11.3 Å². The Balaban J connectivity index is 1.65. The molecule has 0 unspecified atom stereocenters. The van der Waals surface area contributed by atoms with Gasteiger partial charge in [-0.3, -0.25) is 0 Å². The lowest BCUT2D eigenvalue weighted by atomic mass is 10.2. The molecule has 2 N–H and O–H groups in total. The predicted molar refractivity (Wildman–Crippen MR) is 87.5 cm³/mol. The Morgan fingerprint density at radius 3 is 2.61 bits per heavy atom. The highest BCUT2D eigenvalue weighted by Crippen LogP contribution is 2.19. The van der Waals surface area contributed by atoms with E-state index < -0.39 is 0 Å². The predicted octanol–water partition coefficient (Wildman–Crippen LogP) is 0.928. The van der Waals surface area contributed by atoms with Gasteiger partial charge in [0.15, 0.2) is 0 Å². The molecule has 1 fully saturated rings. The van der Waals surface area contributed by atoms with E-state index in [2.05, 4.69) is 54.9 Å². The van der Waals surface area contributed by atoms with E-state index in [-0.39, 0.29) is 5.82 Å². The van der Waals surface area contributed by atoms with Crippen molar-refractivity contribution in [3.05, 3.63) is 36.3 Å². The maximum Gasteiger partial charge on any atom is 0.216 e. The van der Waals surface area contributed by atoms with E-state index in [1.165, 1.54) is 5.69 Å². The topological polar surface area (TPSA) is 96.8 Å². The molecule has 1 aromatic carbocycles. The second-order valence-corrected chi connectivity index (χ2v) is 5.39. The average Bonchev–Trinajstić information content (AvgIpc) is 3.11. The molecule has 118 valence electrons. The minimum Gasteiger partial charge on any atom is -0.369 e. The molecule has 1 aliphatic heterocycles. The highest BCUT2D eigenvalue weighted by molar-refractivity contribution is 5.74. The minimum absolute atomic E-state index is 0.272. The van der Waals surface area contributed by atoms with Gasteiger partial charge in [-0.15, -0.1) is 10.2 Å². The van der Waals surface area contributed by atoms with E-state index in [9.17, 15) is 0 Å². The molecule has 23 heavy (non-hydrogen) atoms. The molecule has 2 aromatic rings. The Kier molecular flexibility index (Phi) is 4.49. The molecule has 0 atom stereocenters. The van der Waals surface area contributed by atoms with Crippen LogP contribution in [0.25, 0.3) is 5.57 Å². The fourth-order valence-electron chi connectivity index (χ4n) is 2.41. The summed E-state index contributed by atoms with van der Waals surface area (Å²) in [5.74, 6) is 0.272. The number of allylic oxidation sites excluding steroid dienone is 1. The second kappa shape index (κ2) is 6.89. The fourth-order valence-corrected chi connectivity index (χ4v) is 2.41. The molecule has 0 bridgehead atoms. The van der Waals surface area contributed by atoms with Crippen LogP contribution in [0.15, 0.2) is 30.5 Å². The summed E-state index contributed by atoms with van der Waals surface area (Å²) in [5.41, 5.74) is 2.44. The van der Waals surface area contributed by atoms with Gasteiger partial charge in [0.2, 0.25) is 5.82 Å². The Morgan fingerprint density at radius 1 is 1.26 bits per heavy atom. The van der Waals surface area contributed by atoms with Gasteiger partial charge in [-0.1, -0.05) is 0 Å². The van der Waals surface area contributed by atoms with Crippen LogP contribution in [0.4, 0.5) is 11.4 Å². The van der Waals surface area contributed by atoms with Gasteiger partial charge in [-0.25, -0.2) is 0 Å². The lowest BCUT2D eigenvalue weighted by Gasteiger charge is -2.34. The average molecular weight is 310 g/mol. The van der Waals surface area contributed by atoms with Crippen molar-refractivity contribution in [1.29, 1.82) is 5.26 Å². The molecule has 3 rings (SSSR count). The number of nitrogens with one attached hydrogen (secondary N) is 2. The Labute approximate surface area is 134 Å². The molecule has 0 radical (unpaired) electrons. The van der Waals surface area contributed by atoms with Crippen molar-refractivity contribution in [1.82, 2.24) is 25.5 Å². The number of hydrogen-bond acceptors (Lipinski definition) is 7. The zero-order valence-electron chi connectivity index (χ0n) is 12.9. The van der Waals surface area contributed by atoms with Crippen molar-refractivity contribution in [3.63, 3.8) is 0 Å². The normalized spacial score (nSPS) is 16.2. The summed E-state index contributed by atoms with van der Waals surface area (Å²) in [6.45, 7) is 4.25. The Hall–Kier alpha value is -2.92. The Morgan fingerprint density at radius 2 is 2.00 bits per heavy atom. The van der Waals surface area contributed by atoms with E-state index in [0.717, 1.165) is 31.9 Å². The van der Waals surface area contributed by atoms with E-state index >= 15 is 0 Å². The van der Waals surface area contributed by atoms with Crippen LogP contribution in [0.2, 0.25) is 0 Å². The monoisotopic (exact) mass is 310 g/mol. The first-order valence-electron chi connectivity index (χ1n) is 7.40. The molecule has 8 heteroatoms. The fraction of sp³-hybridized carbons (Fsp3) is 0.333. The number of hydrogen-bond donors (Lipinski definition) is 2. The van der Waals surface area contributed by atoms with E-state index in [4.69, 9.17) is 5.26 Å². The standard InChI is InChI=1S/C15H18N8/c1-22-6-8-23(9-7-22)14-4-2-13(3-5-14)17-11-12(10-16)15-18-20-21-19-15/h2-5,11,17H,6-9H2,1H3,(H,18,19,20,21). The minimum atomic E-state index is 0.272. The maximum absolute atomic E-state index is 9.12. The van der Waals surface area contributed by atoms with E-state index in [1.807, 2.05) is 18.2 Å². The Bertz CT molecular complexity index is 690. The molecular formula is C15H18N8. The van der Waals surface area contributed by atoms with Crippen LogP contribution in [0.5, 0.6) is 0 Å². The number of aromatic nitrogens is 4. The van der Waals surface area contributed by atoms with Crippen LogP contribution in [-0.2, 0) is 0 Å². The van der Waals surface area contributed by atoms with Crippen molar-refractivity contribution >= 4 is 16.9 Å². The number of rotatable bonds is 4. The number of nitriles is 1. The molecule has 0 aliphatic carbocycles. The third-order valence-electron chi connectivity index (χ3n) is 3.83. The van der Waals surface area contributed by atoms with Gasteiger partial charge in [0, 0.05) is 43.8 Å². The maximum atomic E-state index is 9.12. The van der Waals surface area contributed by atoms with Crippen molar-refractivity contribution in [2.24, 2.45) is 0 Å². The molecule has 0 saturated carbocycles. The molecular weight excluding hydrogens is 292 g/mol. The summed E-state index contributed by atoms with van der Waals surface area (Å²) in [6.07, 6.45) is 1.58. The van der Waals surface area contributed by atoms with Crippen LogP contribution in [0.3, 0.4) is 0 Å². The molecule has 1 saturated heterocycles. The second-order valence-electron chi connectivity index (χ2n) is 5.39. The highest BCUT2D eigenvalue weighted by atomic mass is 15.5. The molecule has 2 heterocycles. The molecule has 8 nitrogen and oxygen atoms in total. The van der Waals surface area contributed by atoms with Crippen LogP contribution >= 0.6 is 0 Å². The van der Waals surface area contributed by atoms with Crippen LogP contribution in [-0.4, -0.2) is 58.8 Å². The number of anilines is 2. The number of aromatic amines is 1. The largest absolute Gasteiger partial charge is 0.369 e. The molecule has 0 amide bonds. The van der Waals surface area contributed by atoms with Gasteiger partial charge in [0.25, 0.3) is 0 Å². The van der Waals surface area contributed by atoms with Gasteiger partial charge in [0.05, 0.1) is 0 Å². The van der Waals surface area contributed by atoms with Crippen LogP contribution < -0.4 is 10.2 Å². The number of tetrazole rings is 1. The first-order valence-corrected chi connectivity index (χ1v) is 7.40. The van der Waals surface area contributed by atoms with Gasteiger partial charge in [0.1, 0.15) is 11.6 Å². The summed E-state index contributed by atoms with van der Waals surface area (Å²) in [7, 11) is 2.15. The van der Waals surface area contributed by atoms with Gasteiger partial charge in [-0.2, -0.15) is 10.5 Å². The summed E-state index contributed by atoms with van der Waals surface area (Å²) in [5, 5.41) is 25.6. The van der Waals surface area contributed by atoms with E-state index in [1.54, 1.807) is 6.20 Å². The number of nitrogens with zero attached hydrogens (tertiary/aromatic N) is 6. The lowest BCUT2D eigenvalue weighted by Crippen LogP contribution is -2.44. The first kappa shape index (κ1) is 15.0. The van der Waals surface area contributed by atoms with Crippen LogP contribution in [0.1, 0.15) is 5.82 Å². The third kappa shape index (κ3) is 3.64. The molecule has 0 spiro atoms. The van der Waals surface area contributed by atoms with Gasteiger partial charge >= 0.3 is 0 Å². The van der Waals surface area contributed by atoms with Crippen molar-refractivity contribution < 1.29 is 0 Å². The van der Waals surface area contributed by atoms with Crippen molar-refractivity contribution in [3.8, 4) is 6.07 Å². The SMILES string of the molecule is CN1CCN(c2ccc(NC=C(C#N)c3nn[nH]n3)cc2)CC1. The summed E-state index contributed by atoms with van der Waals surface area (Å²) in [4.78, 5) is 4.71. The van der Waals surface area contributed by atoms with E-state index in [0.29, 0.717) is 5.57 Å².